The fourth-order valence-corrected chi connectivity index (χ4v) is 3.31. The second kappa shape index (κ2) is 11.2. The van der Waals surface area contributed by atoms with E-state index in [0.717, 1.165) is 56.9 Å². The molecule has 0 spiro atoms. The Hall–Kier alpha value is -3.28. The Morgan fingerprint density at radius 1 is 1.10 bits per heavy atom. The molecule has 31 heavy (non-hydrogen) atoms. The summed E-state index contributed by atoms with van der Waals surface area (Å²) >= 11 is 0. The van der Waals surface area contributed by atoms with E-state index < -0.39 is 0 Å². The fraction of sp³-hybridized carbons (Fsp3) is 0.391. The summed E-state index contributed by atoms with van der Waals surface area (Å²) in [7, 11) is 3.99. The second-order valence-corrected chi connectivity index (χ2v) is 7.72. The first-order chi connectivity index (χ1) is 15.0. The van der Waals surface area contributed by atoms with Crippen LogP contribution in [0.4, 0.5) is 11.4 Å². The second-order valence-electron chi connectivity index (χ2n) is 7.72. The van der Waals surface area contributed by atoms with Crippen LogP contribution in [-0.4, -0.2) is 69.0 Å². The number of nitrogens with zero attached hydrogens (tertiary/aromatic N) is 6. The largest absolute Gasteiger partial charge is 0.370 e. The van der Waals surface area contributed by atoms with Gasteiger partial charge in [-0.05, 0) is 68.5 Å². The molecular weight excluding hydrogens is 388 g/mol. The molecule has 1 heterocycles. The van der Waals surface area contributed by atoms with Crippen molar-refractivity contribution in [3.8, 4) is 6.07 Å². The van der Waals surface area contributed by atoms with Crippen LogP contribution in [-0.2, 0) is 0 Å². The zero-order chi connectivity index (χ0) is 22.1. The van der Waals surface area contributed by atoms with Gasteiger partial charge in [0, 0.05) is 45.3 Å². The predicted octanol–water partition coefficient (Wildman–Crippen LogP) is 3.25. The van der Waals surface area contributed by atoms with Crippen LogP contribution in [0.25, 0.3) is 0 Å². The average molecular weight is 419 g/mol. The lowest BCUT2D eigenvalue weighted by molar-refractivity contribution is 0.153. The first-order valence-electron chi connectivity index (χ1n) is 10.5. The smallest absolute Gasteiger partial charge is 0.125 e. The number of likely N-dealkylation sites (N-methyl/N-ethyl adjacent to an activating group) is 1. The number of anilines is 1. The minimum Gasteiger partial charge on any atom is -0.370 e. The number of nitriles is 1. The highest BCUT2D eigenvalue weighted by atomic mass is 15.5. The van der Waals surface area contributed by atoms with Gasteiger partial charge >= 0.3 is 0 Å². The lowest BCUT2D eigenvalue weighted by Crippen LogP contribution is -2.45. The Kier molecular flexibility index (Phi) is 8.10. The highest BCUT2D eigenvalue weighted by Crippen LogP contribution is 2.18. The molecule has 1 fully saturated rings. The van der Waals surface area contributed by atoms with Gasteiger partial charge in [-0.2, -0.15) is 5.26 Å². The van der Waals surface area contributed by atoms with E-state index in [1.807, 2.05) is 31.3 Å². The van der Waals surface area contributed by atoms with E-state index in [9.17, 15) is 0 Å². The predicted molar refractivity (Wildman–Crippen MR) is 124 cm³/mol. The van der Waals surface area contributed by atoms with E-state index in [1.54, 1.807) is 29.3 Å². The molecule has 0 amide bonds. The van der Waals surface area contributed by atoms with E-state index in [-0.39, 0.29) is 0 Å². The molecule has 8 heteroatoms. The maximum atomic E-state index is 8.84. The van der Waals surface area contributed by atoms with E-state index >= 15 is 0 Å². The molecule has 0 saturated carbocycles. The molecule has 1 aliphatic heterocycles. The van der Waals surface area contributed by atoms with Gasteiger partial charge < -0.3 is 15.1 Å². The quantitative estimate of drug-likeness (QED) is 0.226. The Bertz CT molecular complexity index is 906. The minimum absolute atomic E-state index is 0.437. The topological polar surface area (TPSA) is 94.1 Å². The molecule has 1 aliphatic rings. The van der Waals surface area contributed by atoms with Crippen molar-refractivity contribution in [1.82, 2.24) is 15.1 Å². The number of hydrogen-bond donors (Lipinski definition) is 2. The molecule has 0 bridgehead atoms. The molecule has 2 aromatic carbocycles. The molecule has 0 aliphatic carbocycles. The van der Waals surface area contributed by atoms with Crippen LogP contribution in [0.15, 0.2) is 58.9 Å². The van der Waals surface area contributed by atoms with Crippen molar-refractivity contribution < 1.29 is 0 Å². The van der Waals surface area contributed by atoms with E-state index in [2.05, 4.69) is 38.6 Å². The van der Waals surface area contributed by atoms with Crippen molar-refractivity contribution >= 4 is 17.2 Å². The van der Waals surface area contributed by atoms with Crippen molar-refractivity contribution in [2.75, 3.05) is 58.4 Å². The summed E-state index contributed by atoms with van der Waals surface area (Å²) in [5.41, 5.74) is 3.01. The molecule has 1 saturated heterocycles. The van der Waals surface area contributed by atoms with Gasteiger partial charge in [-0.1, -0.05) is 5.22 Å². The number of amidine groups is 1. The van der Waals surface area contributed by atoms with Crippen molar-refractivity contribution in [2.45, 2.75) is 6.42 Å². The third-order valence-electron chi connectivity index (χ3n) is 5.37. The summed E-state index contributed by atoms with van der Waals surface area (Å²) in [6.07, 6.45) is 1.03. The van der Waals surface area contributed by atoms with E-state index in [4.69, 9.17) is 10.7 Å². The van der Waals surface area contributed by atoms with Crippen LogP contribution in [0.3, 0.4) is 0 Å². The van der Waals surface area contributed by atoms with E-state index in [1.165, 1.54) is 0 Å². The number of piperazine rings is 1. The summed E-state index contributed by atoms with van der Waals surface area (Å²) in [4.78, 5) is 4.85. The molecule has 162 valence electrons. The number of nitrogens with one attached hydrogen (secondary N) is 2. The van der Waals surface area contributed by atoms with E-state index in [0.29, 0.717) is 17.1 Å². The van der Waals surface area contributed by atoms with Gasteiger partial charge in [-0.3, -0.25) is 5.41 Å². The number of rotatable bonds is 8. The van der Waals surface area contributed by atoms with Gasteiger partial charge in [0.2, 0.25) is 0 Å². The SMILES string of the molecule is CN1CCN(CCCNC(=N)c2ccc(N(C)/N=N/c3ccc(C#N)cc3)cc2)CC1. The van der Waals surface area contributed by atoms with Crippen molar-refractivity contribution in [2.24, 2.45) is 10.3 Å². The zero-order valence-electron chi connectivity index (χ0n) is 18.3. The molecule has 2 aromatic rings. The minimum atomic E-state index is 0.437. The van der Waals surface area contributed by atoms with Crippen LogP contribution in [0.1, 0.15) is 17.5 Å². The first kappa shape index (κ1) is 22.4. The maximum Gasteiger partial charge on any atom is 0.125 e. The Morgan fingerprint density at radius 2 is 1.77 bits per heavy atom. The van der Waals surface area contributed by atoms with Crippen molar-refractivity contribution in [3.63, 3.8) is 0 Å². The maximum absolute atomic E-state index is 8.84. The average Bonchev–Trinajstić information content (AvgIpc) is 2.81. The van der Waals surface area contributed by atoms with Gasteiger partial charge in [0.1, 0.15) is 5.84 Å². The van der Waals surface area contributed by atoms with Gasteiger partial charge in [0.25, 0.3) is 0 Å². The van der Waals surface area contributed by atoms with Crippen LogP contribution in [0.2, 0.25) is 0 Å². The Labute approximate surface area is 184 Å². The summed E-state index contributed by atoms with van der Waals surface area (Å²) in [5.74, 6) is 0.437. The number of benzene rings is 2. The van der Waals surface area contributed by atoms with Crippen LogP contribution in [0.5, 0.6) is 0 Å². The fourth-order valence-electron chi connectivity index (χ4n) is 3.31. The monoisotopic (exact) mass is 418 g/mol. The molecule has 0 atom stereocenters. The molecule has 3 rings (SSSR count). The van der Waals surface area contributed by atoms with Crippen molar-refractivity contribution in [3.05, 3.63) is 59.7 Å². The first-order valence-corrected chi connectivity index (χ1v) is 10.5. The lowest BCUT2D eigenvalue weighted by atomic mass is 10.2. The zero-order valence-corrected chi connectivity index (χ0v) is 18.3. The molecular formula is C23H30N8. The van der Waals surface area contributed by atoms with Gasteiger partial charge in [-0.15, -0.1) is 5.11 Å². The normalized spacial score (nSPS) is 15.0. The summed E-state index contributed by atoms with van der Waals surface area (Å²) in [5, 5.41) is 30.4. The Balaban J connectivity index is 1.43. The summed E-state index contributed by atoms with van der Waals surface area (Å²) in [6, 6.07) is 16.7. The summed E-state index contributed by atoms with van der Waals surface area (Å²) in [6.45, 7) is 6.40. The third-order valence-corrected chi connectivity index (χ3v) is 5.37. The highest BCUT2D eigenvalue weighted by molar-refractivity contribution is 5.96. The standard InChI is InChI=1S/C23H30N8/c1-29-14-16-31(17-15-29)13-3-12-26-23(25)20-6-10-22(11-7-20)30(2)28-27-21-8-4-19(18-24)5-9-21/h4-11H,3,12-17H2,1-2H3,(H2,25,26)/b28-27+. The molecule has 0 unspecified atom stereocenters. The molecule has 0 aromatic heterocycles. The summed E-state index contributed by atoms with van der Waals surface area (Å²) < 4.78 is 0. The molecule has 2 N–H and O–H groups in total. The third kappa shape index (κ3) is 6.88. The van der Waals surface area contributed by atoms with Crippen molar-refractivity contribution in [1.29, 1.82) is 10.7 Å². The molecule has 8 nitrogen and oxygen atoms in total. The lowest BCUT2D eigenvalue weighted by Gasteiger charge is -2.32. The Morgan fingerprint density at radius 3 is 2.42 bits per heavy atom. The number of hydrogen-bond acceptors (Lipinski definition) is 6. The van der Waals surface area contributed by atoms with Crippen LogP contribution < -0.4 is 10.3 Å². The van der Waals surface area contributed by atoms with Gasteiger partial charge in [0.15, 0.2) is 0 Å². The highest BCUT2D eigenvalue weighted by Gasteiger charge is 2.12. The molecule has 0 radical (unpaired) electrons. The van der Waals surface area contributed by atoms with Crippen LogP contribution in [0, 0.1) is 16.7 Å². The van der Waals surface area contributed by atoms with Crippen LogP contribution >= 0.6 is 0 Å². The van der Waals surface area contributed by atoms with Gasteiger partial charge in [0.05, 0.1) is 23.0 Å². The van der Waals surface area contributed by atoms with Gasteiger partial charge in [-0.25, -0.2) is 5.01 Å².